The van der Waals surface area contributed by atoms with E-state index in [-0.39, 0.29) is 12.5 Å². The van der Waals surface area contributed by atoms with Crippen molar-refractivity contribution in [1.29, 1.82) is 0 Å². The molecule has 1 atom stereocenters. The number of carboxylic acids is 1. The number of likely N-dealkylation sites (N-methyl/N-ethyl adjacent to an activating group) is 1. The molecule has 1 heterocycles. The molecule has 0 spiro atoms. The number of halogens is 1. The Morgan fingerprint density at radius 1 is 1.30 bits per heavy atom. The molecular weight excluding hydrogens is 362 g/mol. The van der Waals surface area contributed by atoms with Gasteiger partial charge in [-0.05, 0) is 30.5 Å². The summed E-state index contributed by atoms with van der Waals surface area (Å²) >= 11 is 3.42. The van der Waals surface area contributed by atoms with Crippen molar-refractivity contribution >= 4 is 27.8 Å². The predicted octanol–water partition coefficient (Wildman–Crippen LogP) is 2.68. The fourth-order valence-electron chi connectivity index (χ4n) is 3.05. The van der Waals surface area contributed by atoms with Gasteiger partial charge in [-0.1, -0.05) is 35.0 Å². The van der Waals surface area contributed by atoms with Crippen LogP contribution in [0.15, 0.2) is 28.7 Å². The van der Waals surface area contributed by atoms with Gasteiger partial charge in [-0.15, -0.1) is 0 Å². The van der Waals surface area contributed by atoms with Crippen molar-refractivity contribution in [2.45, 2.75) is 25.2 Å². The fourth-order valence-corrected chi connectivity index (χ4v) is 3.32. The number of nitrogens with zero attached hydrogens (tertiary/aromatic N) is 1. The topological polar surface area (TPSA) is 66.8 Å². The quantitative estimate of drug-likeness (QED) is 0.848. The maximum absolute atomic E-state index is 13.1. The molecule has 1 unspecified atom stereocenters. The molecule has 2 rings (SSSR count). The van der Waals surface area contributed by atoms with Crippen molar-refractivity contribution in [3.8, 4) is 0 Å². The maximum atomic E-state index is 13.1. The lowest BCUT2D eigenvalue weighted by atomic mass is 9.73. The SMILES string of the molecule is CC(CN(C)C(=O)C1(c2ccc(Br)cc2)CCOCC1)C(=O)O. The summed E-state index contributed by atoms with van der Waals surface area (Å²) in [7, 11) is 1.68. The van der Waals surface area contributed by atoms with Gasteiger partial charge >= 0.3 is 5.97 Å². The highest BCUT2D eigenvalue weighted by Crippen LogP contribution is 2.37. The van der Waals surface area contributed by atoms with Crippen LogP contribution < -0.4 is 0 Å². The molecule has 1 amide bonds. The maximum Gasteiger partial charge on any atom is 0.308 e. The minimum absolute atomic E-state index is 0.0313. The highest BCUT2D eigenvalue weighted by Gasteiger charge is 2.43. The van der Waals surface area contributed by atoms with Crippen LogP contribution in [0.3, 0.4) is 0 Å². The van der Waals surface area contributed by atoms with E-state index in [2.05, 4.69) is 15.9 Å². The minimum atomic E-state index is -0.894. The van der Waals surface area contributed by atoms with Crippen LogP contribution in [0.4, 0.5) is 0 Å². The van der Waals surface area contributed by atoms with Crippen LogP contribution in [0.5, 0.6) is 0 Å². The van der Waals surface area contributed by atoms with Crippen LogP contribution in [0.1, 0.15) is 25.3 Å². The number of amides is 1. The molecule has 126 valence electrons. The molecule has 23 heavy (non-hydrogen) atoms. The van der Waals surface area contributed by atoms with Gasteiger partial charge in [0.15, 0.2) is 0 Å². The number of aliphatic carboxylic acids is 1. The molecule has 6 heteroatoms. The first-order valence-electron chi connectivity index (χ1n) is 7.69. The number of benzene rings is 1. The summed E-state index contributed by atoms with van der Waals surface area (Å²) in [6, 6.07) is 7.78. The van der Waals surface area contributed by atoms with Gasteiger partial charge in [0.2, 0.25) is 5.91 Å². The summed E-state index contributed by atoms with van der Waals surface area (Å²) < 4.78 is 6.41. The van der Waals surface area contributed by atoms with E-state index in [0.717, 1.165) is 10.0 Å². The Bertz CT molecular complexity index is 566. The normalized spacial score (nSPS) is 18.2. The second-order valence-corrected chi connectivity index (χ2v) is 7.04. The van der Waals surface area contributed by atoms with E-state index < -0.39 is 17.3 Å². The van der Waals surface area contributed by atoms with Gasteiger partial charge < -0.3 is 14.7 Å². The Labute approximate surface area is 144 Å². The number of carboxylic acid groups (broad SMARTS) is 1. The lowest BCUT2D eigenvalue weighted by Crippen LogP contribution is -2.50. The molecule has 1 saturated heterocycles. The number of carbonyl (C=O) groups is 2. The van der Waals surface area contributed by atoms with Crippen molar-refractivity contribution in [2.75, 3.05) is 26.8 Å². The minimum Gasteiger partial charge on any atom is -0.481 e. The molecule has 1 aromatic carbocycles. The van der Waals surface area contributed by atoms with Gasteiger partial charge in [-0.3, -0.25) is 9.59 Å². The van der Waals surface area contributed by atoms with E-state index in [9.17, 15) is 9.59 Å². The van der Waals surface area contributed by atoms with E-state index in [1.165, 1.54) is 0 Å². The van der Waals surface area contributed by atoms with Crippen molar-refractivity contribution in [3.63, 3.8) is 0 Å². The van der Waals surface area contributed by atoms with Crippen molar-refractivity contribution in [3.05, 3.63) is 34.3 Å². The molecule has 1 aliphatic heterocycles. The molecular formula is C17H22BrNO4. The molecule has 0 radical (unpaired) electrons. The Hall–Kier alpha value is -1.40. The summed E-state index contributed by atoms with van der Waals surface area (Å²) in [6.45, 7) is 2.88. The zero-order valence-corrected chi connectivity index (χ0v) is 15.0. The molecule has 1 aromatic rings. The first kappa shape index (κ1) is 17.9. The second-order valence-electron chi connectivity index (χ2n) is 6.13. The summed E-state index contributed by atoms with van der Waals surface area (Å²) in [6.07, 6.45) is 1.22. The van der Waals surface area contributed by atoms with Gasteiger partial charge in [-0.2, -0.15) is 0 Å². The average molecular weight is 384 g/mol. The number of ether oxygens (including phenoxy) is 1. The van der Waals surface area contributed by atoms with Crippen molar-refractivity contribution < 1.29 is 19.4 Å². The number of rotatable bonds is 5. The monoisotopic (exact) mass is 383 g/mol. The van der Waals surface area contributed by atoms with Crippen LogP contribution in [0.25, 0.3) is 0 Å². The predicted molar refractivity (Wildman–Crippen MR) is 90.3 cm³/mol. The number of hydrogen-bond donors (Lipinski definition) is 1. The molecule has 1 N–H and O–H groups in total. The summed E-state index contributed by atoms with van der Waals surface area (Å²) in [5.74, 6) is -1.52. The molecule has 0 aromatic heterocycles. The number of carbonyl (C=O) groups excluding carboxylic acids is 1. The first-order chi connectivity index (χ1) is 10.9. The van der Waals surface area contributed by atoms with E-state index in [1.54, 1.807) is 18.9 Å². The highest BCUT2D eigenvalue weighted by molar-refractivity contribution is 9.10. The lowest BCUT2D eigenvalue weighted by molar-refractivity contribution is -0.145. The Morgan fingerprint density at radius 2 is 1.87 bits per heavy atom. The highest BCUT2D eigenvalue weighted by atomic mass is 79.9. The molecule has 1 aliphatic rings. The van der Waals surface area contributed by atoms with Crippen LogP contribution >= 0.6 is 15.9 Å². The van der Waals surface area contributed by atoms with E-state index in [4.69, 9.17) is 9.84 Å². The second kappa shape index (κ2) is 7.45. The van der Waals surface area contributed by atoms with Gasteiger partial charge in [0, 0.05) is 31.3 Å². The van der Waals surface area contributed by atoms with Crippen LogP contribution in [0, 0.1) is 5.92 Å². The standard InChI is InChI=1S/C17H22BrNO4/c1-12(15(20)21)11-19(2)16(22)17(7-9-23-10-8-17)13-3-5-14(18)6-4-13/h3-6,12H,7-11H2,1-2H3,(H,20,21). The fraction of sp³-hybridized carbons (Fsp3) is 0.529. The molecule has 5 nitrogen and oxygen atoms in total. The van der Waals surface area contributed by atoms with E-state index in [0.29, 0.717) is 26.1 Å². The summed E-state index contributed by atoms with van der Waals surface area (Å²) in [5, 5.41) is 9.07. The zero-order valence-electron chi connectivity index (χ0n) is 13.4. The number of hydrogen-bond acceptors (Lipinski definition) is 3. The average Bonchev–Trinajstić information content (AvgIpc) is 2.55. The third-order valence-electron chi connectivity index (χ3n) is 4.47. The van der Waals surface area contributed by atoms with Crippen molar-refractivity contribution in [1.82, 2.24) is 4.90 Å². The zero-order chi connectivity index (χ0) is 17.0. The Balaban J connectivity index is 2.28. The van der Waals surface area contributed by atoms with Crippen molar-refractivity contribution in [2.24, 2.45) is 5.92 Å². The smallest absolute Gasteiger partial charge is 0.308 e. The van der Waals surface area contributed by atoms with Crippen LogP contribution in [0.2, 0.25) is 0 Å². The van der Waals surface area contributed by atoms with Gasteiger partial charge in [0.05, 0.1) is 11.3 Å². The van der Waals surface area contributed by atoms with Crippen LogP contribution in [-0.2, 0) is 19.7 Å². The van der Waals surface area contributed by atoms with E-state index in [1.807, 2.05) is 24.3 Å². The van der Waals surface area contributed by atoms with Gasteiger partial charge in [-0.25, -0.2) is 0 Å². The summed E-state index contributed by atoms with van der Waals surface area (Å²) in [5.41, 5.74) is 0.329. The molecule has 0 bridgehead atoms. The third-order valence-corrected chi connectivity index (χ3v) is 5.00. The largest absolute Gasteiger partial charge is 0.481 e. The van der Waals surface area contributed by atoms with Crippen LogP contribution in [-0.4, -0.2) is 48.7 Å². The lowest BCUT2D eigenvalue weighted by Gasteiger charge is -2.39. The van der Waals surface area contributed by atoms with Gasteiger partial charge in [0.25, 0.3) is 0 Å². The summed E-state index contributed by atoms with van der Waals surface area (Å²) in [4.78, 5) is 25.7. The third kappa shape index (κ3) is 3.93. The molecule has 0 aliphatic carbocycles. The Kier molecular flexibility index (Phi) is 5.81. The molecule has 1 fully saturated rings. The first-order valence-corrected chi connectivity index (χ1v) is 8.48. The Morgan fingerprint density at radius 3 is 2.39 bits per heavy atom. The van der Waals surface area contributed by atoms with Gasteiger partial charge in [0.1, 0.15) is 0 Å². The molecule has 0 saturated carbocycles. The van der Waals surface area contributed by atoms with E-state index >= 15 is 0 Å².